The Kier molecular flexibility index (Phi) is 7.54. The molecule has 2 N–H and O–H groups in total. The van der Waals surface area contributed by atoms with Crippen LogP contribution in [-0.4, -0.2) is 76.5 Å². The van der Waals surface area contributed by atoms with E-state index in [4.69, 9.17) is 4.74 Å². The summed E-state index contributed by atoms with van der Waals surface area (Å²) in [6.45, 7) is 2.95. The number of urea groups is 1. The fourth-order valence-corrected chi connectivity index (χ4v) is 4.86. The second-order valence-electron chi connectivity index (χ2n) is 7.63. The molecule has 0 unspecified atom stereocenters. The zero-order valence-electron chi connectivity index (χ0n) is 17.3. The number of hydrogen-bond acceptors (Lipinski definition) is 5. The Morgan fingerprint density at radius 3 is 2.37 bits per heavy atom. The number of methoxy groups -OCH3 is 1. The van der Waals surface area contributed by atoms with Gasteiger partial charge in [-0.3, -0.25) is 4.79 Å². The number of hydrogen-bond donors (Lipinski definition) is 2. The summed E-state index contributed by atoms with van der Waals surface area (Å²) in [5, 5.41) is 2.79. The second kappa shape index (κ2) is 10.1. The lowest BCUT2D eigenvalue weighted by atomic mass is 9.97. The van der Waals surface area contributed by atoms with E-state index in [9.17, 15) is 18.0 Å². The van der Waals surface area contributed by atoms with E-state index in [1.165, 1.54) is 19.2 Å². The molecule has 2 aliphatic rings. The Balaban J connectivity index is 1.43. The molecule has 1 atom stereocenters. The third-order valence-corrected chi connectivity index (χ3v) is 7.00. The van der Waals surface area contributed by atoms with E-state index in [0.29, 0.717) is 18.8 Å². The van der Waals surface area contributed by atoms with E-state index in [2.05, 4.69) is 10.0 Å². The number of carbonyl (C=O) groups is 2. The molecule has 0 spiro atoms. The molecular weight excluding hydrogens is 408 g/mol. The minimum absolute atomic E-state index is 0.0252. The van der Waals surface area contributed by atoms with Crippen LogP contribution >= 0.6 is 0 Å². The molecule has 0 aromatic heterocycles. The first-order valence-corrected chi connectivity index (χ1v) is 11.8. The number of nitrogens with zero attached hydrogens (tertiary/aromatic N) is 2. The van der Waals surface area contributed by atoms with E-state index in [0.717, 1.165) is 38.8 Å². The van der Waals surface area contributed by atoms with Crippen molar-refractivity contribution in [1.29, 1.82) is 0 Å². The molecule has 0 radical (unpaired) electrons. The molecule has 0 bridgehead atoms. The smallest absolute Gasteiger partial charge is 0.320 e. The van der Waals surface area contributed by atoms with Crippen LogP contribution in [0.1, 0.15) is 25.7 Å². The molecule has 0 saturated carbocycles. The SMILES string of the molecule is COc1ccc(S(=O)(=O)NCCNC(=O)[C@H]2CCCN(C(=O)N3CCCC3)C2)cc1. The predicted octanol–water partition coefficient (Wildman–Crippen LogP) is 1.02. The lowest BCUT2D eigenvalue weighted by Crippen LogP contribution is -2.50. The Morgan fingerprint density at radius 2 is 1.70 bits per heavy atom. The number of sulfonamides is 1. The van der Waals surface area contributed by atoms with Crippen molar-refractivity contribution in [3.8, 4) is 5.75 Å². The number of rotatable bonds is 7. The first-order chi connectivity index (χ1) is 14.4. The number of likely N-dealkylation sites (tertiary alicyclic amines) is 2. The molecule has 10 heteroatoms. The van der Waals surface area contributed by atoms with Gasteiger partial charge in [0, 0.05) is 39.3 Å². The Hall–Kier alpha value is -2.33. The summed E-state index contributed by atoms with van der Waals surface area (Å²) in [4.78, 5) is 28.8. The van der Waals surface area contributed by atoms with Crippen LogP contribution in [0.5, 0.6) is 5.75 Å². The summed E-state index contributed by atoms with van der Waals surface area (Å²) in [7, 11) is -2.14. The molecule has 1 aromatic carbocycles. The van der Waals surface area contributed by atoms with Gasteiger partial charge in [-0.1, -0.05) is 0 Å². The van der Waals surface area contributed by atoms with Gasteiger partial charge < -0.3 is 19.9 Å². The normalized spacial score (nSPS) is 19.6. The van der Waals surface area contributed by atoms with Gasteiger partial charge in [0.25, 0.3) is 0 Å². The summed E-state index contributed by atoms with van der Waals surface area (Å²) >= 11 is 0. The first-order valence-electron chi connectivity index (χ1n) is 10.4. The maximum Gasteiger partial charge on any atom is 0.320 e. The van der Waals surface area contributed by atoms with Crippen LogP contribution in [0.2, 0.25) is 0 Å². The Morgan fingerprint density at radius 1 is 1.03 bits per heavy atom. The van der Waals surface area contributed by atoms with Crippen LogP contribution in [0.3, 0.4) is 0 Å². The zero-order valence-corrected chi connectivity index (χ0v) is 18.1. The summed E-state index contributed by atoms with van der Waals surface area (Å²) in [6, 6.07) is 6.11. The quantitative estimate of drug-likeness (QED) is 0.618. The molecule has 30 heavy (non-hydrogen) atoms. The van der Waals surface area contributed by atoms with Crippen molar-refractivity contribution in [2.75, 3.05) is 46.4 Å². The van der Waals surface area contributed by atoms with Crippen molar-refractivity contribution in [3.63, 3.8) is 0 Å². The highest BCUT2D eigenvalue weighted by Gasteiger charge is 2.31. The van der Waals surface area contributed by atoms with E-state index in [-0.39, 0.29) is 35.8 Å². The van der Waals surface area contributed by atoms with Gasteiger partial charge in [-0.2, -0.15) is 0 Å². The zero-order chi connectivity index (χ0) is 21.6. The minimum atomic E-state index is -3.65. The molecule has 2 heterocycles. The van der Waals surface area contributed by atoms with E-state index in [1.807, 2.05) is 4.90 Å². The van der Waals surface area contributed by atoms with Gasteiger partial charge in [0.15, 0.2) is 0 Å². The van der Waals surface area contributed by atoms with Crippen molar-refractivity contribution in [1.82, 2.24) is 19.8 Å². The molecule has 2 saturated heterocycles. The summed E-state index contributed by atoms with van der Waals surface area (Å²) in [6.07, 6.45) is 3.60. The molecule has 9 nitrogen and oxygen atoms in total. The Labute approximate surface area is 177 Å². The molecule has 3 rings (SSSR count). The van der Waals surface area contributed by atoms with E-state index >= 15 is 0 Å². The first kappa shape index (κ1) is 22.4. The van der Waals surface area contributed by atoms with Gasteiger partial charge >= 0.3 is 6.03 Å². The molecule has 0 aliphatic carbocycles. The van der Waals surface area contributed by atoms with Crippen LogP contribution in [-0.2, 0) is 14.8 Å². The number of ether oxygens (including phenoxy) is 1. The lowest BCUT2D eigenvalue weighted by molar-refractivity contribution is -0.126. The average molecular weight is 439 g/mol. The van der Waals surface area contributed by atoms with Gasteiger partial charge in [0.1, 0.15) is 5.75 Å². The molecule has 166 valence electrons. The van der Waals surface area contributed by atoms with Crippen molar-refractivity contribution >= 4 is 22.0 Å². The maximum atomic E-state index is 12.5. The van der Waals surface area contributed by atoms with Crippen molar-refractivity contribution in [2.45, 2.75) is 30.6 Å². The number of amides is 3. The van der Waals surface area contributed by atoms with Gasteiger partial charge in [0.2, 0.25) is 15.9 Å². The summed E-state index contributed by atoms with van der Waals surface area (Å²) in [5.74, 6) is 0.173. The van der Waals surface area contributed by atoms with Gasteiger partial charge in [-0.15, -0.1) is 0 Å². The number of nitrogens with one attached hydrogen (secondary N) is 2. The molecular formula is C20H30N4O5S. The largest absolute Gasteiger partial charge is 0.497 e. The van der Waals surface area contributed by atoms with E-state index in [1.54, 1.807) is 17.0 Å². The predicted molar refractivity (Wildman–Crippen MR) is 112 cm³/mol. The van der Waals surface area contributed by atoms with Crippen LogP contribution in [0.15, 0.2) is 29.2 Å². The number of piperidine rings is 1. The third-order valence-electron chi connectivity index (χ3n) is 5.53. The van der Waals surface area contributed by atoms with Crippen LogP contribution in [0.4, 0.5) is 4.79 Å². The number of carbonyl (C=O) groups excluding carboxylic acids is 2. The summed E-state index contributed by atoms with van der Waals surface area (Å²) < 4.78 is 32.1. The van der Waals surface area contributed by atoms with Gasteiger partial charge in [-0.25, -0.2) is 17.9 Å². The third kappa shape index (κ3) is 5.63. The summed E-state index contributed by atoms with van der Waals surface area (Å²) in [5.41, 5.74) is 0. The lowest BCUT2D eigenvalue weighted by Gasteiger charge is -2.34. The monoisotopic (exact) mass is 438 g/mol. The van der Waals surface area contributed by atoms with Crippen LogP contribution in [0.25, 0.3) is 0 Å². The fourth-order valence-electron chi connectivity index (χ4n) is 3.83. The van der Waals surface area contributed by atoms with Crippen LogP contribution in [0, 0.1) is 5.92 Å². The highest BCUT2D eigenvalue weighted by Crippen LogP contribution is 2.20. The Bertz CT molecular complexity index is 837. The molecule has 3 amide bonds. The molecule has 1 aromatic rings. The number of benzene rings is 1. The van der Waals surface area contributed by atoms with Crippen LogP contribution < -0.4 is 14.8 Å². The standard InChI is InChI=1S/C20H30N4O5S/c1-29-17-6-8-18(9-7-17)30(27,28)22-11-10-21-19(25)16-5-4-14-24(15-16)20(26)23-12-2-3-13-23/h6-9,16,22H,2-5,10-15H2,1H3,(H,21,25)/t16-/m0/s1. The highest BCUT2D eigenvalue weighted by atomic mass is 32.2. The van der Waals surface area contributed by atoms with Gasteiger partial charge in [-0.05, 0) is 49.9 Å². The van der Waals surface area contributed by atoms with Crippen molar-refractivity contribution in [3.05, 3.63) is 24.3 Å². The maximum absolute atomic E-state index is 12.5. The average Bonchev–Trinajstić information content (AvgIpc) is 3.31. The minimum Gasteiger partial charge on any atom is -0.497 e. The fraction of sp³-hybridized carbons (Fsp3) is 0.600. The second-order valence-corrected chi connectivity index (χ2v) is 9.39. The molecule has 2 aliphatic heterocycles. The molecule has 2 fully saturated rings. The topological polar surface area (TPSA) is 108 Å². The van der Waals surface area contributed by atoms with E-state index < -0.39 is 10.0 Å². The highest BCUT2D eigenvalue weighted by molar-refractivity contribution is 7.89. The van der Waals surface area contributed by atoms with Crippen molar-refractivity contribution < 1.29 is 22.7 Å². The van der Waals surface area contributed by atoms with Gasteiger partial charge in [0.05, 0.1) is 17.9 Å². The van der Waals surface area contributed by atoms with Crippen molar-refractivity contribution in [2.24, 2.45) is 5.92 Å².